The van der Waals surface area contributed by atoms with E-state index in [2.05, 4.69) is 6.58 Å². The lowest BCUT2D eigenvalue weighted by atomic mass is 9.91. The Kier molecular flexibility index (Phi) is 1.32. The fourth-order valence-corrected chi connectivity index (χ4v) is 2.35. The molecule has 1 heterocycles. The number of hydrogen-bond donors (Lipinski definition) is 2. The maximum absolute atomic E-state index is 10.9. The van der Waals surface area contributed by atoms with E-state index in [1.54, 1.807) is 13.8 Å². The van der Waals surface area contributed by atoms with Gasteiger partial charge in [0.1, 0.15) is 23.2 Å². The van der Waals surface area contributed by atoms with Crippen LogP contribution in [0.3, 0.4) is 0 Å². The van der Waals surface area contributed by atoms with Crippen LogP contribution in [-0.2, 0) is 9.53 Å². The molecule has 0 aromatic rings. The second-order valence-electron chi connectivity index (χ2n) is 4.06. The molecule has 4 nitrogen and oxygen atoms in total. The fraction of sp³-hybridized carbons (Fsp3) is 0.667. The van der Waals surface area contributed by atoms with Gasteiger partial charge in [0.15, 0.2) is 0 Å². The Morgan fingerprint density at radius 1 is 1.54 bits per heavy atom. The monoisotopic (exact) mass is 184 g/mol. The van der Waals surface area contributed by atoms with Crippen LogP contribution in [0, 0.1) is 5.92 Å². The summed E-state index contributed by atoms with van der Waals surface area (Å²) in [5.41, 5.74) is -1.16. The normalized spacial score (nSPS) is 53.3. The lowest BCUT2D eigenvalue weighted by molar-refractivity contribution is -0.142. The Hall–Kier alpha value is -0.870. The molecule has 0 spiro atoms. The van der Waals surface area contributed by atoms with Gasteiger partial charge in [-0.25, -0.2) is 0 Å². The first-order chi connectivity index (χ1) is 5.84. The number of rotatable bonds is 1. The molecule has 1 saturated heterocycles. The molecule has 4 heteroatoms. The molecule has 1 aliphatic carbocycles. The predicted molar refractivity (Wildman–Crippen MR) is 44.2 cm³/mol. The molecule has 0 radical (unpaired) electrons. The number of hydrogen-bond acceptors (Lipinski definition) is 3. The molecule has 0 amide bonds. The third-order valence-corrected chi connectivity index (χ3v) is 3.41. The van der Waals surface area contributed by atoms with Gasteiger partial charge in [0, 0.05) is 0 Å². The molecule has 1 aliphatic heterocycles. The number of aliphatic hydroxyl groups excluding tert-OH is 1. The molecule has 72 valence electrons. The van der Waals surface area contributed by atoms with Crippen LogP contribution in [0.1, 0.15) is 13.8 Å². The van der Waals surface area contributed by atoms with Crippen molar-refractivity contribution in [3.8, 4) is 0 Å². The summed E-state index contributed by atoms with van der Waals surface area (Å²) in [5.74, 6) is -1.76. The highest BCUT2D eigenvalue weighted by atomic mass is 16.6. The summed E-state index contributed by atoms with van der Waals surface area (Å²) in [6.07, 6.45) is -0.862. The van der Waals surface area contributed by atoms with E-state index in [-0.39, 0.29) is 0 Å². The van der Waals surface area contributed by atoms with Crippen molar-refractivity contribution in [2.24, 2.45) is 5.92 Å². The van der Waals surface area contributed by atoms with Gasteiger partial charge in [0.2, 0.25) is 0 Å². The van der Waals surface area contributed by atoms with E-state index >= 15 is 0 Å². The van der Waals surface area contributed by atoms with Crippen LogP contribution in [0.4, 0.5) is 0 Å². The van der Waals surface area contributed by atoms with Crippen LogP contribution in [0.15, 0.2) is 12.2 Å². The van der Waals surface area contributed by atoms with E-state index in [1.807, 2.05) is 0 Å². The number of aliphatic carboxylic acids is 1. The van der Waals surface area contributed by atoms with Gasteiger partial charge in [-0.1, -0.05) is 6.58 Å². The summed E-state index contributed by atoms with van der Waals surface area (Å²) in [6.45, 7) is 7.01. The van der Waals surface area contributed by atoms with Gasteiger partial charge >= 0.3 is 5.97 Å². The maximum atomic E-state index is 10.9. The summed E-state index contributed by atoms with van der Waals surface area (Å²) < 4.78 is 5.29. The Morgan fingerprint density at radius 2 is 2.08 bits per heavy atom. The minimum atomic E-state index is -0.979. The van der Waals surface area contributed by atoms with Crippen LogP contribution in [0.25, 0.3) is 0 Å². The second kappa shape index (κ2) is 1.96. The molecular weight excluding hydrogens is 172 g/mol. The molecule has 0 aromatic carbocycles. The number of ether oxygens (including phenoxy) is 1. The Balaban J connectivity index is 2.43. The molecule has 2 rings (SSSR count). The Labute approximate surface area is 75.8 Å². The van der Waals surface area contributed by atoms with E-state index in [0.717, 1.165) is 0 Å². The average Bonchev–Trinajstić information content (AvgIpc) is 2.48. The van der Waals surface area contributed by atoms with Gasteiger partial charge in [-0.3, -0.25) is 4.79 Å². The first-order valence-corrected chi connectivity index (χ1v) is 4.14. The molecule has 2 N–H and O–H groups in total. The average molecular weight is 184 g/mol. The van der Waals surface area contributed by atoms with E-state index in [9.17, 15) is 9.90 Å². The standard InChI is InChI=1S/C9H12O4/c1-4-5(7(11)12)8(2)9(3,13-8)6(4)10/h5-6,10H,1H2,2-3H3,(H,11,12). The van der Waals surface area contributed by atoms with Gasteiger partial charge in [0.25, 0.3) is 0 Å². The number of aliphatic hydroxyl groups is 1. The zero-order valence-corrected chi connectivity index (χ0v) is 7.57. The van der Waals surface area contributed by atoms with Crippen LogP contribution >= 0.6 is 0 Å². The smallest absolute Gasteiger partial charge is 0.313 e. The van der Waals surface area contributed by atoms with Crippen LogP contribution in [0.2, 0.25) is 0 Å². The largest absolute Gasteiger partial charge is 0.481 e. The van der Waals surface area contributed by atoms with E-state index < -0.39 is 29.2 Å². The summed E-state index contributed by atoms with van der Waals surface area (Å²) in [5, 5.41) is 18.6. The molecule has 2 fully saturated rings. The highest BCUT2D eigenvalue weighted by molar-refractivity contribution is 5.79. The summed E-state index contributed by atoms with van der Waals surface area (Å²) in [4.78, 5) is 10.9. The highest BCUT2D eigenvalue weighted by Gasteiger charge is 2.79. The Bertz CT molecular complexity index is 311. The molecule has 0 aromatic heterocycles. The fourth-order valence-electron chi connectivity index (χ4n) is 2.35. The number of carbonyl (C=O) groups is 1. The predicted octanol–water partition coefficient (Wildman–Crippen LogP) is 0.165. The number of carboxylic acids is 1. The minimum Gasteiger partial charge on any atom is -0.481 e. The lowest BCUT2D eigenvalue weighted by Crippen LogP contribution is -2.28. The molecule has 2 aliphatic rings. The van der Waals surface area contributed by atoms with Crippen molar-refractivity contribution in [1.29, 1.82) is 0 Å². The van der Waals surface area contributed by atoms with Gasteiger partial charge in [-0.2, -0.15) is 0 Å². The number of epoxide rings is 1. The molecule has 1 saturated carbocycles. The lowest BCUT2D eigenvalue weighted by Gasteiger charge is -2.15. The van der Waals surface area contributed by atoms with Crippen molar-refractivity contribution in [3.05, 3.63) is 12.2 Å². The topological polar surface area (TPSA) is 70.1 Å². The van der Waals surface area contributed by atoms with Crippen molar-refractivity contribution in [2.75, 3.05) is 0 Å². The SMILES string of the molecule is C=C1C(O)C2(C)OC2(C)C1C(=O)O. The molecule has 4 atom stereocenters. The first kappa shape index (κ1) is 8.72. The van der Waals surface area contributed by atoms with Gasteiger partial charge < -0.3 is 14.9 Å². The minimum absolute atomic E-state index is 0.351. The van der Waals surface area contributed by atoms with Crippen molar-refractivity contribution in [2.45, 2.75) is 31.2 Å². The Morgan fingerprint density at radius 3 is 2.31 bits per heavy atom. The van der Waals surface area contributed by atoms with E-state index in [4.69, 9.17) is 9.84 Å². The van der Waals surface area contributed by atoms with Crippen LogP contribution in [0.5, 0.6) is 0 Å². The van der Waals surface area contributed by atoms with Crippen molar-refractivity contribution < 1.29 is 19.7 Å². The summed E-state index contributed by atoms with van der Waals surface area (Å²) >= 11 is 0. The van der Waals surface area contributed by atoms with E-state index in [1.165, 1.54) is 0 Å². The summed E-state index contributed by atoms with van der Waals surface area (Å²) in [6, 6.07) is 0. The highest BCUT2D eigenvalue weighted by Crippen LogP contribution is 2.63. The number of carboxylic acid groups (broad SMARTS) is 1. The van der Waals surface area contributed by atoms with Crippen molar-refractivity contribution in [3.63, 3.8) is 0 Å². The third kappa shape index (κ3) is 0.711. The summed E-state index contributed by atoms with van der Waals surface area (Å²) in [7, 11) is 0. The first-order valence-electron chi connectivity index (χ1n) is 4.14. The van der Waals surface area contributed by atoms with Crippen molar-refractivity contribution >= 4 is 5.97 Å². The van der Waals surface area contributed by atoms with Gasteiger partial charge in [-0.15, -0.1) is 0 Å². The van der Waals surface area contributed by atoms with E-state index in [0.29, 0.717) is 5.57 Å². The molecule has 13 heavy (non-hydrogen) atoms. The zero-order valence-electron chi connectivity index (χ0n) is 7.57. The van der Waals surface area contributed by atoms with Crippen LogP contribution < -0.4 is 0 Å². The van der Waals surface area contributed by atoms with Crippen molar-refractivity contribution in [1.82, 2.24) is 0 Å². The molecule has 4 unspecified atom stereocenters. The maximum Gasteiger partial charge on any atom is 0.313 e. The third-order valence-electron chi connectivity index (χ3n) is 3.41. The van der Waals surface area contributed by atoms with Gasteiger partial charge in [-0.05, 0) is 19.4 Å². The molecular formula is C9H12O4. The zero-order chi connectivity index (χ0) is 10.0. The number of fused-ring (bicyclic) bond motifs is 1. The van der Waals surface area contributed by atoms with Gasteiger partial charge in [0.05, 0.1) is 0 Å². The quantitative estimate of drug-likeness (QED) is 0.450. The van der Waals surface area contributed by atoms with Crippen LogP contribution in [-0.4, -0.2) is 33.5 Å². The molecule has 0 bridgehead atoms. The second-order valence-corrected chi connectivity index (χ2v) is 4.06.